The van der Waals surface area contributed by atoms with Gasteiger partial charge in [0.15, 0.2) is 0 Å². The summed E-state index contributed by atoms with van der Waals surface area (Å²) in [6.07, 6.45) is 0. The smallest absolute Gasteiger partial charge is 0.0432 e. The number of thiophene rings is 2. The van der Waals surface area contributed by atoms with Gasteiger partial charge in [0.1, 0.15) is 0 Å². The summed E-state index contributed by atoms with van der Waals surface area (Å²) < 4.78 is 2.88. The first kappa shape index (κ1) is 14.1. The number of hydrogen-bond donors (Lipinski definition) is 0. The maximum absolute atomic E-state index is 2.41. The summed E-state index contributed by atoms with van der Waals surface area (Å²) >= 11 is 3.91. The molecule has 0 saturated carbocycles. The monoisotopic (exact) mass is 302 g/mol. The first-order chi connectivity index (χ1) is 9.16. The van der Waals surface area contributed by atoms with Gasteiger partial charge in [0.25, 0.3) is 0 Å². The van der Waals surface area contributed by atoms with Gasteiger partial charge in [0.05, 0.1) is 0 Å². The van der Waals surface area contributed by atoms with Crippen molar-refractivity contribution in [1.29, 1.82) is 0 Å². The van der Waals surface area contributed by atoms with Crippen LogP contribution in [-0.4, -0.2) is 0 Å². The van der Waals surface area contributed by atoms with Crippen molar-refractivity contribution in [3.05, 3.63) is 34.0 Å². The third-order valence-corrected chi connectivity index (χ3v) is 6.79. The van der Waals surface area contributed by atoms with Crippen molar-refractivity contribution in [3.63, 3.8) is 0 Å². The van der Waals surface area contributed by atoms with Gasteiger partial charge in [0.2, 0.25) is 0 Å². The quantitative estimate of drug-likeness (QED) is 0.433. The van der Waals surface area contributed by atoms with Crippen molar-refractivity contribution in [2.75, 3.05) is 0 Å². The molecule has 0 saturated heterocycles. The summed E-state index contributed by atoms with van der Waals surface area (Å²) in [5.74, 6) is 0. The van der Waals surface area contributed by atoms with Gasteiger partial charge >= 0.3 is 0 Å². The Morgan fingerprint density at radius 3 is 1.95 bits per heavy atom. The molecule has 0 aliphatic carbocycles. The first-order valence-electron chi connectivity index (χ1n) is 7.13. The highest BCUT2D eigenvalue weighted by molar-refractivity contribution is 7.23. The predicted molar refractivity (Wildman–Crippen MR) is 94.6 cm³/mol. The fourth-order valence-corrected chi connectivity index (χ4v) is 4.78. The Morgan fingerprint density at radius 1 is 0.750 bits per heavy atom. The Hall–Kier alpha value is -0.860. The highest BCUT2D eigenvalue weighted by Gasteiger charge is 2.20. The van der Waals surface area contributed by atoms with Crippen LogP contribution in [0.3, 0.4) is 0 Å². The summed E-state index contributed by atoms with van der Waals surface area (Å²) in [7, 11) is 0. The molecule has 0 radical (unpaired) electrons. The van der Waals surface area contributed by atoms with E-state index in [4.69, 9.17) is 0 Å². The van der Waals surface area contributed by atoms with E-state index in [2.05, 4.69) is 65.8 Å². The molecule has 106 valence electrons. The third-order valence-electron chi connectivity index (χ3n) is 3.66. The molecular weight excluding hydrogens is 280 g/mol. The zero-order valence-electron chi connectivity index (χ0n) is 13.1. The molecule has 2 heterocycles. The van der Waals surface area contributed by atoms with Gasteiger partial charge in [0, 0.05) is 24.5 Å². The van der Waals surface area contributed by atoms with Gasteiger partial charge in [-0.1, -0.05) is 47.6 Å². The Bertz CT molecular complexity index is 706. The van der Waals surface area contributed by atoms with Crippen LogP contribution in [0.1, 0.15) is 51.3 Å². The molecule has 0 atom stereocenters. The molecule has 0 aliphatic heterocycles. The molecule has 20 heavy (non-hydrogen) atoms. The van der Waals surface area contributed by atoms with Crippen LogP contribution < -0.4 is 0 Å². The van der Waals surface area contributed by atoms with Gasteiger partial charge in [-0.05, 0) is 34.4 Å². The summed E-state index contributed by atoms with van der Waals surface area (Å²) in [6, 6.07) is 9.35. The number of rotatable bonds is 0. The number of hydrogen-bond acceptors (Lipinski definition) is 2. The molecule has 3 rings (SSSR count). The van der Waals surface area contributed by atoms with Crippen molar-refractivity contribution in [3.8, 4) is 0 Å². The highest BCUT2D eigenvalue weighted by Crippen LogP contribution is 2.42. The summed E-state index contributed by atoms with van der Waals surface area (Å²) in [6.45, 7) is 13.8. The lowest BCUT2D eigenvalue weighted by Gasteiger charge is -2.15. The maximum atomic E-state index is 2.41. The predicted octanol–water partition coefficient (Wildman–Crippen LogP) is 6.71. The minimum atomic E-state index is 0.235. The van der Waals surface area contributed by atoms with E-state index in [1.54, 1.807) is 0 Å². The zero-order valence-corrected chi connectivity index (χ0v) is 14.8. The van der Waals surface area contributed by atoms with Crippen LogP contribution in [-0.2, 0) is 10.8 Å². The molecule has 0 unspecified atom stereocenters. The van der Waals surface area contributed by atoms with Crippen LogP contribution >= 0.6 is 22.7 Å². The molecule has 3 aromatic rings. The average molecular weight is 303 g/mol. The maximum Gasteiger partial charge on any atom is 0.0432 e. The molecule has 2 heteroatoms. The van der Waals surface area contributed by atoms with Crippen LogP contribution in [0.5, 0.6) is 0 Å². The van der Waals surface area contributed by atoms with Gasteiger partial charge < -0.3 is 0 Å². The Morgan fingerprint density at radius 2 is 1.35 bits per heavy atom. The lowest BCUT2D eigenvalue weighted by Crippen LogP contribution is -2.07. The van der Waals surface area contributed by atoms with Gasteiger partial charge in [-0.2, -0.15) is 0 Å². The second kappa shape index (κ2) is 4.32. The Labute approximate surface area is 129 Å². The molecule has 0 nitrogen and oxygen atoms in total. The van der Waals surface area contributed by atoms with Crippen molar-refractivity contribution < 1.29 is 0 Å². The molecular formula is C18H22S2. The van der Waals surface area contributed by atoms with Crippen LogP contribution in [0.15, 0.2) is 24.3 Å². The van der Waals surface area contributed by atoms with Crippen LogP contribution in [0.2, 0.25) is 0 Å². The first-order valence-corrected chi connectivity index (χ1v) is 8.76. The minimum Gasteiger partial charge on any atom is -0.140 e. The van der Waals surface area contributed by atoms with E-state index in [1.165, 1.54) is 29.9 Å². The second-order valence-corrected chi connectivity index (χ2v) is 9.75. The molecule has 0 N–H and O–H groups in total. The molecule has 0 amide bonds. The minimum absolute atomic E-state index is 0.235. The molecule has 0 aliphatic rings. The molecule has 0 spiro atoms. The van der Waals surface area contributed by atoms with E-state index in [0.29, 0.717) is 0 Å². The standard InChI is InChI=1S/C18H22S2/c1-17(2,3)14-9-11-7-8-13-12(16(11)20-14)10-15(19-13)18(4,5)6/h7-10H,1-6H3. The van der Waals surface area contributed by atoms with E-state index in [-0.39, 0.29) is 10.8 Å². The fraction of sp³-hybridized carbons (Fsp3) is 0.444. The molecule has 2 aromatic heterocycles. The van der Waals surface area contributed by atoms with Gasteiger partial charge in [-0.3, -0.25) is 0 Å². The van der Waals surface area contributed by atoms with E-state index in [9.17, 15) is 0 Å². The van der Waals surface area contributed by atoms with Crippen LogP contribution in [0.25, 0.3) is 20.2 Å². The lowest BCUT2D eigenvalue weighted by atomic mass is 9.94. The van der Waals surface area contributed by atoms with Crippen molar-refractivity contribution >= 4 is 42.8 Å². The Kier molecular flexibility index (Phi) is 3.04. The highest BCUT2D eigenvalue weighted by atomic mass is 32.1. The van der Waals surface area contributed by atoms with E-state index in [1.807, 2.05) is 22.7 Å². The SMILES string of the molecule is CC(C)(C)c1cc2c(ccc3cc(C(C)(C)C)sc32)s1. The second-order valence-electron chi connectivity index (χ2n) is 7.62. The van der Waals surface area contributed by atoms with E-state index in [0.717, 1.165) is 0 Å². The van der Waals surface area contributed by atoms with E-state index < -0.39 is 0 Å². The lowest BCUT2D eigenvalue weighted by molar-refractivity contribution is 0.604. The van der Waals surface area contributed by atoms with Crippen molar-refractivity contribution in [1.82, 2.24) is 0 Å². The number of fused-ring (bicyclic) bond motifs is 3. The van der Waals surface area contributed by atoms with E-state index >= 15 is 0 Å². The van der Waals surface area contributed by atoms with Gasteiger partial charge in [-0.25, -0.2) is 0 Å². The summed E-state index contributed by atoms with van der Waals surface area (Å²) in [5.41, 5.74) is 0.471. The molecule has 0 fully saturated rings. The number of benzene rings is 1. The largest absolute Gasteiger partial charge is 0.140 e. The van der Waals surface area contributed by atoms with Crippen molar-refractivity contribution in [2.24, 2.45) is 0 Å². The third kappa shape index (κ3) is 2.29. The van der Waals surface area contributed by atoms with Gasteiger partial charge in [-0.15, -0.1) is 22.7 Å². The van der Waals surface area contributed by atoms with Crippen LogP contribution in [0.4, 0.5) is 0 Å². The van der Waals surface area contributed by atoms with Crippen molar-refractivity contribution in [2.45, 2.75) is 52.4 Å². The average Bonchev–Trinajstić information content (AvgIpc) is 2.90. The molecule has 1 aromatic carbocycles. The van der Waals surface area contributed by atoms with Crippen LogP contribution in [0, 0.1) is 0 Å². The normalized spacial score (nSPS) is 13.5. The Balaban J connectivity index is 2.30. The summed E-state index contributed by atoms with van der Waals surface area (Å²) in [5, 5.41) is 2.84. The zero-order chi connectivity index (χ0) is 14.7. The fourth-order valence-electron chi connectivity index (χ4n) is 2.35. The summed E-state index contributed by atoms with van der Waals surface area (Å²) in [4.78, 5) is 2.95. The topological polar surface area (TPSA) is 0 Å². The molecule has 0 bridgehead atoms.